The first-order valence-electron chi connectivity index (χ1n) is 5.52. The Balaban J connectivity index is 2.14. The van der Waals surface area contributed by atoms with Crippen LogP contribution in [0.3, 0.4) is 0 Å². The van der Waals surface area contributed by atoms with E-state index in [4.69, 9.17) is 10.2 Å². The molecule has 1 aromatic carbocycles. The fraction of sp³-hybridized carbons (Fsp3) is 0.0769. The van der Waals surface area contributed by atoms with Gasteiger partial charge in [0, 0.05) is 18.1 Å². The lowest BCUT2D eigenvalue weighted by atomic mass is 10.2. The van der Waals surface area contributed by atoms with Crippen molar-refractivity contribution >= 4 is 16.8 Å². The molecular formula is C13H11N3O2. The van der Waals surface area contributed by atoms with Gasteiger partial charge in [-0.05, 0) is 35.9 Å². The van der Waals surface area contributed by atoms with Gasteiger partial charge in [0.1, 0.15) is 0 Å². The molecule has 2 heterocycles. The zero-order valence-corrected chi connectivity index (χ0v) is 9.54. The Hall–Kier alpha value is -2.56. The van der Waals surface area contributed by atoms with Crippen LogP contribution < -0.4 is 11.5 Å². The average molecular weight is 241 g/mol. The van der Waals surface area contributed by atoms with E-state index in [2.05, 4.69) is 4.98 Å². The number of aromatic nitrogens is 2. The van der Waals surface area contributed by atoms with Gasteiger partial charge < -0.3 is 10.2 Å². The predicted molar refractivity (Wildman–Crippen MR) is 68.2 cm³/mol. The molecule has 2 aromatic heterocycles. The van der Waals surface area contributed by atoms with Crippen LogP contribution in [0, 0.1) is 0 Å². The van der Waals surface area contributed by atoms with Crippen molar-refractivity contribution in [3.05, 3.63) is 58.8 Å². The van der Waals surface area contributed by atoms with Gasteiger partial charge in [-0.1, -0.05) is 0 Å². The molecule has 0 saturated heterocycles. The Labute approximate surface area is 102 Å². The fourth-order valence-corrected chi connectivity index (χ4v) is 1.90. The molecule has 0 atom stereocenters. The monoisotopic (exact) mass is 241 g/mol. The lowest BCUT2D eigenvalue weighted by Crippen LogP contribution is -2.14. The number of anilines is 1. The predicted octanol–water partition coefficient (Wildman–Crippen LogP) is 1.62. The van der Waals surface area contributed by atoms with E-state index >= 15 is 0 Å². The molecule has 0 radical (unpaired) electrons. The Morgan fingerprint density at radius 1 is 1.22 bits per heavy atom. The van der Waals surface area contributed by atoms with Crippen molar-refractivity contribution in [2.75, 3.05) is 5.73 Å². The van der Waals surface area contributed by atoms with Gasteiger partial charge in [-0.2, -0.15) is 0 Å². The maximum Gasteiger partial charge on any atom is 0.420 e. The van der Waals surface area contributed by atoms with E-state index in [9.17, 15) is 4.79 Å². The minimum absolute atomic E-state index is 0.382. The molecule has 3 aromatic rings. The molecule has 0 aliphatic heterocycles. The maximum absolute atomic E-state index is 11.8. The van der Waals surface area contributed by atoms with Gasteiger partial charge >= 0.3 is 5.76 Å². The van der Waals surface area contributed by atoms with Crippen molar-refractivity contribution < 1.29 is 4.42 Å². The van der Waals surface area contributed by atoms with Gasteiger partial charge in [-0.15, -0.1) is 0 Å². The lowest BCUT2D eigenvalue weighted by Gasteiger charge is -2.02. The third-order valence-corrected chi connectivity index (χ3v) is 2.78. The molecule has 0 amide bonds. The Bertz CT molecular complexity index is 744. The van der Waals surface area contributed by atoms with Crippen molar-refractivity contribution in [1.82, 2.24) is 9.55 Å². The van der Waals surface area contributed by atoms with Gasteiger partial charge in [0.15, 0.2) is 5.58 Å². The smallest absolute Gasteiger partial charge is 0.408 e. The summed E-state index contributed by atoms with van der Waals surface area (Å²) in [5.74, 6) is -0.382. The summed E-state index contributed by atoms with van der Waals surface area (Å²) in [6, 6.07) is 8.87. The third kappa shape index (κ3) is 1.75. The zero-order valence-electron chi connectivity index (χ0n) is 9.54. The van der Waals surface area contributed by atoms with E-state index in [-0.39, 0.29) is 5.76 Å². The second-order valence-electron chi connectivity index (χ2n) is 4.04. The molecule has 0 spiro atoms. The van der Waals surface area contributed by atoms with E-state index in [1.54, 1.807) is 35.2 Å². The summed E-state index contributed by atoms with van der Waals surface area (Å²) >= 11 is 0. The molecule has 2 N–H and O–H groups in total. The fourth-order valence-electron chi connectivity index (χ4n) is 1.90. The molecule has 0 unspecified atom stereocenters. The SMILES string of the molecule is Nc1ccc2oc(=O)n(Cc3ccncc3)c2c1. The summed E-state index contributed by atoms with van der Waals surface area (Å²) < 4.78 is 6.72. The summed E-state index contributed by atoms with van der Waals surface area (Å²) in [5, 5.41) is 0. The highest BCUT2D eigenvalue weighted by Gasteiger charge is 2.09. The van der Waals surface area contributed by atoms with Crippen molar-refractivity contribution in [3.63, 3.8) is 0 Å². The zero-order chi connectivity index (χ0) is 12.5. The van der Waals surface area contributed by atoms with Crippen LogP contribution in [0.4, 0.5) is 5.69 Å². The van der Waals surface area contributed by atoms with Crippen LogP contribution in [0.25, 0.3) is 11.1 Å². The molecule has 0 aliphatic carbocycles. The molecule has 0 bridgehead atoms. The minimum atomic E-state index is -0.382. The first-order valence-corrected chi connectivity index (χ1v) is 5.52. The van der Waals surface area contributed by atoms with Gasteiger partial charge in [-0.3, -0.25) is 9.55 Å². The van der Waals surface area contributed by atoms with Gasteiger partial charge in [0.2, 0.25) is 0 Å². The topological polar surface area (TPSA) is 74.0 Å². The Kier molecular flexibility index (Phi) is 2.37. The number of fused-ring (bicyclic) bond motifs is 1. The molecule has 18 heavy (non-hydrogen) atoms. The van der Waals surface area contributed by atoms with Crippen molar-refractivity contribution in [1.29, 1.82) is 0 Å². The molecule has 0 saturated carbocycles. The number of oxazole rings is 1. The van der Waals surface area contributed by atoms with Gasteiger partial charge in [0.25, 0.3) is 0 Å². The summed E-state index contributed by atoms with van der Waals surface area (Å²) in [6.07, 6.45) is 3.38. The quantitative estimate of drug-likeness (QED) is 0.692. The molecule has 0 aliphatic rings. The van der Waals surface area contributed by atoms with E-state index in [1.807, 2.05) is 12.1 Å². The summed E-state index contributed by atoms with van der Waals surface area (Å²) in [5.41, 5.74) is 8.57. The van der Waals surface area contributed by atoms with E-state index < -0.39 is 0 Å². The standard InChI is InChI=1S/C13H11N3O2/c14-10-1-2-12-11(7-10)16(13(17)18-12)8-9-3-5-15-6-4-9/h1-7H,8,14H2. The number of nitrogen functional groups attached to an aromatic ring is 1. The second kappa shape index (κ2) is 4.03. The van der Waals surface area contributed by atoms with Crippen LogP contribution in [0.5, 0.6) is 0 Å². The maximum atomic E-state index is 11.8. The summed E-state index contributed by atoms with van der Waals surface area (Å²) in [7, 11) is 0. The van der Waals surface area contributed by atoms with Crippen molar-refractivity contribution in [3.8, 4) is 0 Å². The minimum Gasteiger partial charge on any atom is -0.408 e. The van der Waals surface area contributed by atoms with Gasteiger partial charge in [-0.25, -0.2) is 4.79 Å². The third-order valence-electron chi connectivity index (χ3n) is 2.78. The van der Waals surface area contributed by atoms with E-state index in [1.165, 1.54) is 0 Å². The molecule has 5 heteroatoms. The van der Waals surface area contributed by atoms with Crippen LogP contribution in [0.2, 0.25) is 0 Å². The van der Waals surface area contributed by atoms with Crippen LogP contribution in [-0.4, -0.2) is 9.55 Å². The normalized spacial score (nSPS) is 10.9. The summed E-state index contributed by atoms with van der Waals surface area (Å²) in [4.78, 5) is 15.7. The largest absolute Gasteiger partial charge is 0.420 e. The Morgan fingerprint density at radius 3 is 2.78 bits per heavy atom. The van der Waals surface area contributed by atoms with Crippen molar-refractivity contribution in [2.45, 2.75) is 6.54 Å². The first kappa shape index (κ1) is 10.6. The van der Waals surface area contributed by atoms with Crippen LogP contribution >= 0.6 is 0 Å². The molecule has 5 nitrogen and oxygen atoms in total. The number of nitrogens with two attached hydrogens (primary N) is 1. The molecule has 90 valence electrons. The van der Waals surface area contributed by atoms with Crippen LogP contribution in [0.1, 0.15) is 5.56 Å². The van der Waals surface area contributed by atoms with Crippen LogP contribution in [-0.2, 0) is 6.54 Å². The number of hydrogen-bond donors (Lipinski definition) is 1. The van der Waals surface area contributed by atoms with E-state index in [0.717, 1.165) is 5.56 Å². The van der Waals surface area contributed by atoms with Crippen molar-refractivity contribution in [2.24, 2.45) is 0 Å². The lowest BCUT2D eigenvalue weighted by molar-refractivity contribution is 0.517. The highest BCUT2D eigenvalue weighted by Crippen LogP contribution is 2.17. The van der Waals surface area contributed by atoms with Crippen LogP contribution in [0.15, 0.2) is 51.9 Å². The van der Waals surface area contributed by atoms with E-state index in [0.29, 0.717) is 23.3 Å². The average Bonchev–Trinajstić information content (AvgIpc) is 2.67. The number of nitrogens with zero attached hydrogens (tertiary/aromatic N) is 2. The molecular weight excluding hydrogens is 230 g/mol. The number of pyridine rings is 1. The Morgan fingerprint density at radius 2 is 2.00 bits per heavy atom. The summed E-state index contributed by atoms with van der Waals surface area (Å²) in [6.45, 7) is 0.442. The highest BCUT2D eigenvalue weighted by atomic mass is 16.4. The number of rotatable bonds is 2. The first-order chi connectivity index (χ1) is 8.74. The molecule has 3 rings (SSSR count). The second-order valence-corrected chi connectivity index (χ2v) is 4.04. The molecule has 0 fully saturated rings. The number of hydrogen-bond acceptors (Lipinski definition) is 4. The highest BCUT2D eigenvalue weighted by molar-refractivity contribution is 5.77. The number of benzene rings is 1. The van der Waals surface area contributed by atoms with Gasteiger partial charge in [0.05, 0.1) is 12.1 Å².